The molecule has 0 radical (unpaired) electrons. The summed E-state index contributed by atoms with van der Waals surface area (Å²) in [6.45, 7) is 2.96. The molecule has 0 fully saturated rings. The highest BCUT2D eigenvalue weighted by Gasteiger charge is 2.48. The molecule has 5 aromatic rings. The summed E-state index contributed by atoms with van der Waals surface area (Å²) in [5.74, 6) is 2.18. The van der Waals surface area contributed by atoms with E-state index in [1.165, 1.54) is 12.1 Å². The summed E-state index contributed by atoms with van der Waals surface area (Å²) in [7, 11) is 4.88. The first-order valence-corrected chi connectivity index (χ1v) is 16.4. The van der Waals surface area contributed by atoms with Crippen LogP contribution in [0.3, 0.4) is 0 Å². The van der Waals surface area contributed by atoms with Gasteiger partial charge in [0.2, 0.25) is 0 Å². The minimum atomic E-state index is -1.11. The van der Waals surface area contributed by atoms with Crippen molar-refractivity contribution in [1.82, 2.24) is 0 Å². The van der Waals surface area contributed by atoms with Crippen molar-refractivity contribution in [3.05, 3.63) is 125 Å². The number of hydrogen-bond donors (Lipinski definition) is 1. The Kier molecular flexibility index (Phi) is 8.79. The Hall–Kier alpha value is -4.89. The normalized spacial score (nSPS) is 18.8. The van der Waals surface area contributed by atoms with Crippen molar-refractivity contribution in [3.63, 3.8) is 0 Å². The molecule has 49 heavy (non-hydrogen) atoms. The maximum Gasteiger partial charge on any atom is 0.178 e. The van der Waals surface area contributed by atoms with Crippen LogP contribution in [0.4, 0.5) is 4.39 Å². The second kappa shape index (κ2) is 13.2. The molecular weight excluding hydrogens is 623 g/mol. The topological polar surface area (TPSA) is 75.6 Å². The van der Waals surface area contributed by atoms with Crippen LogP contribution in [-0.4, -0.2) is 52.9 Å². The van der Waals surface area contributed by atoms with Crippen LogP contribution in [-0.2, 0) is 20.7 Å². The lowest BCUT2D eigenvalue weighted by Gasteiger charge is -2.39. The van der Waals surface area contributed by atoms with Crippen molar-refractivity contribution in [1.29, 1.82) is 0 Å². The first-order valence-electron chi connectivity index (χ1n) is 16.4. The van der Waals surface area contributed by atoms with Crippen LogP contribution in [0.15, 0.2) is 91.0 Å². The van der Waals surface area contributed by atoms with Gasteiger partial charge in [0, 0.05) is 27.6 Å². The fourth-order valence-electron chi connectivity index (χ4n) is 7.43. The summed E-state index contributed by atoms with van der Waals surface area (Å²) in [6, 6.07) is 26.5. The van der Waals surface area contributed by atoms with Gasteiger partial charge in [-0.15, -0.1) is 0 Å². The Labute approximate surface area is 285 Å². The molecule has 7 rings (SSSR count). The molecule has 0 saturated carbocycles. The smallest absolute Gasteiger partial charge is 0.178 e. The first kappa shape index (κ1) is 32.6. The lowest BCUT2D eigenvalue weighted by Crippen LogP contribution is -2.36. The van der Waals surface area contributed by atoms with Gasteiger partial charge in [0.25, 0.3) is 0 Å². The van der Waals surface area contributed by atoms with Crippen molar-refractivity contribution in [3.8, 4) is 34.1 Å². The molecule has 1 aliphatic carbocycles. The zero-order chi connectivity index (χ0) is 34.2. The molecular formula is C41H39FO7. The molecule has 252 valence electrons. The van der Waals surface area contributed by atoms with Crippen LogP contribution in [0, 0.1) is 5.82 Å². The van der Waals surface area contributed by atoms with Gasteiger partial charge in [-0.2, -0.15) is 0 Å². The fraction of sp³-hybridized carbons (Fsp3) is 0.268. The third kappa shape index (κ3) is 5.22. The molecule has 1 heterocycles. The maximum absolute atomic E-state index is 14.3. The molecule has 0 bridgehead atoms. The summed E-state index contributed by atoms with van der Waals surface area (Å²) in [4.78, 5) is 0. The summed E-state index contributed by atoms with van der Waals surface area (Å²) >= 11 is 0. The highest BCUT2D eigenvalue weighted by molar-refractivity contribution is 6.09. The molecule has 1 N–H and O–H groups in total. The molecule has 7 nitrogen and oxygen atoms in total. The first-order chi connectivity index (χ1) is 23.9. The van der Waals surface area contributed by atoms with E-state index in [-0.39, 0.29) is 19.0 Å². The van der Waals surface area contributed by atoms with Gasteiger partial charge in [0.15, 0.2) is 17.1 Å². The van der Waals surface area contributed by atoms with Gasteiger partial charge >= 0.3 is 0 Å². The third-order valence-electron chi connectivity index (χ3n) is 9.69. The van der Waals surface area contributed by atoms with Crippen LogP contribution in [0.1, 0.15) is 41.2 Å². The Morgan fingerprint density at radius 3 is 2.10 bits per heavy atom. The molecule has 0 spiro atoms. The van der Waals surface area contributed by atoms with E-state index in [2.05, 4.69) is 25.1 Å². The maximum atomic E-state index is 14.3. The minimum Gasteiger partial charge on any atom is -0.497 e. The van der Waals surface area contributed by atoms with Crippen LogP contribution in [0.5, 0.6) is 23.0 Å². The lowest BCUT2D eigenvalue weighted by atomic mass is 9.79. The number of benzene rings is 5. The number of methoxy groups -OCH3 is 3. The van der Waals surface area contributed by atoms with Crippen LogP contribution in [0.2, 0.25) is 0 Å². The van der Waals surface area contributed by atoms with Crippen LogP contribution >= 0.6 is 0 Å². The number of ether oxygens (including phenoxy) is 6. The van der Waals surface area contributed by atoms with E-state index in [4.69, 9.17) is 28.4 Å². The van der Waals surface area contributed by atoms with Gasteiger partial charge in [-0.25, -0.2) is 4.39 Å². The molecule has 0 saturated heterocycles. The van der Waals surface area contributed by atoms with Crippen molar-refractivity contribution in [2.24, 2.45) is 0 Å². The van der Waals surface area contributed by atoms with Crippen molar-refractivity contribution >= 4 is 16.8 Å². The summed E-state index contributed by atoms with van der Waals surface area (Å²) in [5.41, 5.74) is 4.70. The molecule has 2 atom stereocenters. The molecule has 8 heteroatoms. The summed E-state index contributed by atoms with van der Waals surface area (Å²) in [5, 5.41) is 11.0. The van der Waals surface area contributed by atoms with Gasteiger partial charge < -0.3 is 33.5 Å². The van der Waals surface area contributed by atoms with Crippen molar-refractivity contribution in [2.75, 3.05) is 47.8 Å². The summed E-state index contributed by atoms with van der Waals surface area (Å²) < 4.78 is 51.3. The predicted octanol–water partition coefficient (Wildman–Crippen LogP) is 8.01. The minimum absolute atomic E-state index is 0.0541. The molecule has 2 unspecified atom stereocenters. The molecule has 5 aromatic carbocycles. The molecule has 0 amide bonds. The average Bonchev–Trinajstić information content (AvgIpc) is 3.45. The van der Waals surface area contributed by atoms with Crippen LogP contribution in [0.25, 0.3) is 28.0 Å². The third-order valence-corrected chi connectivity index (χ3v) is 9.69. The van der Waals surface area contributed by atoms with Crippen molar-refractivity contribution < 1.29 is 37.9 Å². The monoisotopic (exact) mass is 662 g/mol. The standard InChI is InChI=1S/C41H39FO7/c1-5-40(48-23-22-47-21-20-43)34-9-7-6-8-30(34)37-32-24-35(45-3)36(46-4)25-33(32)39-31(38(37)40)18-19-41(49-39,26-10-14-28(42)15-11-26)27-12-16-29(44-2)17-13-27/h6-19,24-25,43H,5,20-23H2,1-4H3. The molecule has 2 aliphatic rings. The second-order valence-corrected chi connectivity index (χ2v) is 12.1. The van der Waals surface area contributed by atoms with Gasteiger partial charge in [0.05, 0.1) is 47.8 Å². The van der Waals surface area contributed by atoms with Gasteiger partial charge in [-0.3, -0.25) is 0 Å². The van der Waals surface area contributed by atoms with E-state index >= 15 is 0 Å². The van der Waals surface area contributed by atoms with E-state index in [0.717, 1.165) is 49.7 Å². The van der Waals surface area contributed by atoms with Crippen molar-refractivity contribution in [2.45, 2.75) is 24.5 Å². The quantitative estimate of drug-likeness (QED) is 0.136. The molecule has 1 aliphatic heterocycles. The van der Waals surface area contributed by atoms with E-state index in [1.807, 2.05) is 54.6 Å². The highest BCUT2D eigenvalue weighted by Crippen LogP contribution is 2.60. The van der Waals surface area contributed by atoms with E-state index in [9.17, 15) is 9.50 Å². The number of aliphatic hydroxyl groups excluding tert-OH is 1. The number of rotatable bonds is 12. The Balaban J connectivity index is 1.54. The fourth-order valence-corrected chi connectivity index (χ4v) is 7.43. The van der Waals surface area contributed by atoms with Gasteiger partial charge in [-0.05, 0) is 71.0 Å². The number of fused-ring (bicyclic) bond motifs is 8. The zero-order valence-corrected chi connectivity index (χ0v) is 28.0. The van der Waals surface area contributed by atoms with E-state index in [1.54, 1.807) is 33.5 Å². The predicted molar refractivity (Wildman–Crippen MR) is 187 cm³/mol. The Bertz CT molecular complexity index is 2020. The van der Waals surface area contributed by atoms with Gasteiger partial charge in [0.1, 0.15) is 22.9 Å². The lowest BCUT2D eigenvalue weighted by molar-refractivity contribution is -0.0499. The van der Waals surface area contributed by atoms with Crippen LogP contribution < -0.4 is 18.9 Å². The number of halogens is 1. The highest BCUT2D eigenvalue weighted by atomic mass is 19.1. The Morgan fingerprint density at radius 2 is 1.45 bits per heavy atom. The summed E-state index contributed by atoms with van der Waals surface area (Å²) in [6.07, 6.45) is 4.80. The average molecular weight is 663 g/mol. The molecule has 0 aromatic heterocycles. The number of aliphatic hydroxyl groups is 1. The Morgan fingerprint density at radius 1 is 0.776 bits per heavy atom. The second-order valence-electron chi connectivity index (χ2n) is 12.1. The number of hydrogen-bond acceptors (Lipinski definition) is 7. The zero-order valence-electron chi connectivity index (χ0n) is 28.0. The van der Waals surface area contributed by atoms with Gasteiger partial charge in [-0.1, -0.05) is 61.5 Å². The van der Waals surface area contributed by atoms with E-state index in [0.29, 0.717) is 42.6 Å². The van der Waals surface area contributed by atoms with E-state index < -0.39 is 11.2 Å². The largest absolute Gasteiger partial charge is 0.497 e. The SMILES string of the molecule is CCC1(OCCOCCO)c2ccccc2-c2c1c1c(c3cc(OC)c(OC)cc23)OC(c2ccc(F)cc2)(c2ccc(OC)cc2)C=C1.